The zero-order valence-electron chi connectivity index (χ0n) is 19.1. The van der Waals surface area contributed by atoms with E-state index in [0.29, 0.717) is 38.3 Å². The van der Waals surface area contributed by atoms with E-state index in [2.05, 4.69) is 13.5 Å². The maximum absolute atomic E-state index is 13.7. The van der Waals surface area contributed by atoms with Crippen LogP contribution < -0.4 is 0 Å². The SMILES string of the molecule is C=C1C(=O)[C@]23CC[C@H]1CC2[C@]1(COC(=O)N2CCOCC2)CCC[C@@](C)(CO)C1CC3=O. The topological polar surface area (TPSA) is 93.1 Å². The number of hydrogen-bond donors (Lipinski definition) is 1. The third-order valence-corrected chi connectivity index (χ3v) is 9.79. The quantitative estimate of drug-likeness (QED) is 0.530. The summed E-state index contributed by atoms with van der Waals surface area (Å²) in [6.45, 7) is 8.34. The first-order valence-electron chi connectivity index (χ1n) is 12.2. The van der Waals surface area contributed by atoms with Gasteiger partial charge in [0.2, 0.25) is 0 Å². The highest BCUT2D eigenvalue weighted by atomic mass is 16.6. The van der Waals surface area contributed by atoms with E-state index in [1.807, 2.05) is 0 Å². The van der Waals surface area contributed by atoms with Crippen molar-refractivity contribution in [3.05, 3.63) is 12.2 Å². The summed E-state index contributed by atoms with van der Waals surface area (Å²) in [4.78, 5) is 41.7. The second-order valence-corrected chi connectivity index (χ2v) is 11.1. The number of nitrogens with zero attached hydrogens (tertiary/aromatic N) is 1. The monoisotopic (exact) mass is 445 g/mol. The molecule has 0 aromatic rings. The van der Waals surface area contributed by atoms with Crippen LogP contribution in [0.1, 0.15) is 51.9 Å². The first-order chi connectivity index (χ1) is 15.3. The lowest BCUT2D eigenvalue weighted by Gasteiger charge is -2.66. The molecule has 0 aromatic carbocycles. The highest BCUT2D eigenvalue weighted by Crippen LogP contribution is 2.70. The smallest absolute Gasteiger partial charge is 0.409 e. The number of hydrogen-bond acceptors (Lipinski definition) is 6. The average Bonchev–Trinajstić information content (AvgIpc) is 2.82. The number of aliphatic hydroxyl groups excluding tert-OH is 1. The molecular formula is C25H35NO6. The summed E-state index contributed by atoms with van der Waals surface area (Å²) in [7, 11) is 0. The maximum Gasteiger partial charge on any atom is 0.409 e. The van der Waals surface area contributed by atoms with E-state index in [1.165, 1.54) is 0 Å². The summed E-state index contributed by atoms with van der Waals surface area (Å²) in [5.74, 6) is -0.191. The Hall–Kier alpha value is -1.73. The fourth-order valence-electron chi connectivity index (χ4n) is 8.02. The van der Waals surface area contributed by atoms with Gasteiger partial charge >= 0.3 is 6.09 Å². The molecule has 1 saturated heterocycles. The van der Waals surface area contributed by atoms with Crippen LogP contribution in [0, 0.1) is 34.0 Å². The molecule has 176 valence electrons. The Morgan fingerprint density at radius 3 is 2.69 bits per heavy atom. The normalized spacial score (nSPS) is 43.6. The Labute approximate surface area is 189 Å². The largest absolute Gasteiger partial charge is 0.449 e. The summed E-state index contributed by atoms with van der Waals surface area (Å²) in [5, 5.41) is 10.4. The molecule has 6 aliphatic rings. The molecule has 1 aliphatic heterocycles. The molecule has 2 bridgehead atoms. The molecule has 0 aromatic heterocycles. The van der Waals surface area contributed by atoms with Crippen molar-refractivity contribution in [1.29, 1.82) is 0 Å². The van der Waals surface area contributed by atoms with E-state index in [0.717, 1.165) is 32.1 Å². The zero-order chi connectivity index (χ0) is 22.7. The third-order valence-electron chi connectivity index (χ3n) is 9.79. The molecule has 32 heavy (non-hydrogen) atoms. The van der Waals surface area contributed by atoms with E-state index in [-0.39, 0.29) is 55.0 Å². The van der Waals surface area contributed by atoms with Gasteiger partial charge in [0.1, 0.15) is 5.78 Å². The number of rotatable bonds is 3. The van der Waals surface area contributed by atoms with Crippen molar-refractivity contribution in [2.24, 2.45) is 34.0 Å². The van der Waals surface area contributed by atoms with Crippen molar-refractivity contribution in [3.63, 3.8) is 0 Å². The minimum absolute atomic E-state index is 0.00604. The van der Waals surface area contributed by atoms with Crippen LogP contribution in [0.15, 0.2) is 12.2 Å². The van der Waals surface area contributed by atoms with Gasteiger partial charge in [-0.2, -0.15) is 0 Å². The Kier molecular flexibility index (Phi) is 5.28. The number of fused-ring (bicyclic) bond motifs is 3. The van der Waals surface area contributed by atoms with Crippen LogP contribution in [-0.2, 0) is 19.1 Å². The number of allylic oxidation sites excluding steroid dienone is 1. The van der Waals surface area contributed by atoms with Crippen LogP contribution in [0.4, 0.5) is 4.79 Å². The van der Waals surface area contributed by atoms with Crippen molar-refractivity contribution in [1.82, 2.24) is 4.90 Å². The Morgan fingerprint density at radius 1 is 1.22 bits per heavy atom. The van der Waals surface area contributed by atoms with Crippen molar-refractivity contribution < 1.29 is 29.0 Å². The van der Waals surface area contributed by atoms with Crippen molar-refractivity contribution >= 4 is 17.7 Å². The van der Waals surface area contributed by atoms with Crippen molar-refractivity contribution in [2.75, 3.05) is 39.5 Å². The number of morpholine rings is 1. The fourth-order valence-corrected chi connectivity index (χ4v) is 8.02. The number of aliphatic hydroxyl groups is 1. The van der Waals surface area contributed by atoms with E-state index in [9.17, 15) is 19.5 Å². The van der Waals surface area contributed by atoms with E-state index >= 15 is 0 Å². The van der Waals surface area contributed by atoms with Crippen LogP contribution in [-0.4, -0.2) is 67.2 Å². The van der Waals surface area contributed by atoms with Gasteiger partial charge in [0.25, 0.3) is 0 Å². The molecule has 1 spiro atoms. The fraction of sp³-hybridized carbons (Fsp3) is 0.800. The summed E-state index contributed by atoms with van der Waals surface area (Å²) in [5.41, 5.74) is -1.29. The van der Waals surface area contributed by atoms with Gasteiger partial charge in [0.05, 0.1) is 25.2 Å². The maximum atomic E-state index is 13.7. The predicted octanol–water partition coefficient (Wildman–Crippen LogP) is 2.75. The highest BCUT2D eigenvalue weighted by Gasteiger charge is 2.71. The standard InChI is InChI=1S/C25H35NO6/c1-16-17-4-7-25(21(16)29)19(12-17)24(15-32-22(30)26-8-10-31-11-9-26)6-3-5-23(2,14-27)18(24)13-20(25)28/h17-19,27H,1,3-15H2,2H3/t17-,18?,19?,23-,24-,25+/m0/s1. The molecule has 7 heteroatoms. The van der Waals surface area contributed by atoms with Gasteiger partial charge in [-0.15, -0.1) is 0 Å². The van der Waals surface area contributed by atoms with Gasteiger partial charge in [-0.3, -0.25) is 9.59 Å². The molecule has 2 unspecified atom stereocenters. The van der Waals surface area contributed by atoms with Gasteiger partial charge in [0.15, 0.2) is 5.78 Å². The molecule has 5 saturated carbocycles. The van der Waals surface area contributed by atoms with E-state index in [4.69, 9.17) is 9.47 Å². The molecule has 0 radical (unpaired) electrons. The minimum Gasteiger partial charge on any atom is -0.449 e. The Morgan fingerprint density at radius 2 is 1.97 bits per heavy atom. The number of amides is 1. The predicted molar refractivity (Wildman–Crippen MR) is 116 cm³/mol. The van der Waals surface area contributed by atoms with Crippen LogP contribution in [0.5, 0.6) is 0 Å². The third kappa shape index (κ3) is 2.89. The first-order valence-corrected chi connectivity index (χ1v) is 12.2. The second kappa shape index (κ2) is 7.66. The van der Waals surface area contributed by atoms with Crippen molar-refractivity contribution in [2.45, 2.75) is 51.9 Å². The van der Waals surface area contributed by atoms with Gasteiger partial charge in [-0.05, 0) is 60.8 Å². The number of carbonyl (C=O) groups excluding carboxylic acids is 3. The molecule has 6 fully saturated rings. The molecule has 5 aliphatic carbocycles. The summed E-state index contributed by atoms with van der Waals surface area (Å²) < 4.78 is 11.3. The number of Topliss-reactive ketones (excluding diaryl/α,β-unsaturated/α-hetero) is 2. The molecule has 6 rings (SSSR count). The zero-order valence-corrected chi connectivity index (χ0v) is 19.1. The van der Waals surface area contributed by atoms with E-state index in [1.54, 1.807) is 4.90 Å². The van der Waals surface area contributed by atoms with Gasteiger partial charge < -0.3 is 19.5 Å². The van der Waals surface area contributed by atoms with Gasteiger partial charge in [0, 0.05) is 31.5 Å². The summed E-state index contributed by atoms with van der Waals surface area (Å²) in [6, 6.07) is 0. The highest BCUT2D eigenvalue weighted by molar-refractivity contribution is 6.16. The Bertz CT molecular complexity index is 849. The summed E-state index contributed by atoms with van der Waals surface area (Å²) in [6.07, 6.45) is 4.64. The van der Waals surface area contributed by atoms with Gasteiger partial charge in [-0.1, -0.05) is 19.9 Å². The summed E-state index contributed by atoms with van der Waals surface area (Å²) >= 11 is 0. The lowest BCUT2D eigenvalue weighted by molar-refractivity contribution is -0.201. The molecular weight excluding hydrogens is 410 g/mol. The second-order valence-electron chi connectivity index (χ2n) is 11.1. The van der Waals surface area contributed by atoms with Crippen LogP contribution in [0.3, 0.4) is 0 Å². The van der Waals surface area contributed by atoms with Gasteiger partial charge in [-0.25, -0.2) is 4.79 Å². The number of ketones is 2. The Balaban J connectivity index is 1.52. The van der Waals surface area contributed by atoms with E-state index < -0.39 is 16.2 Å². The number of ether oxygens (including phenoxy) is 2. The van der Waals surface area contributed by atoms with Crippen LogP contribution in [0.2, 0.25) is 0 Å². The minimum atomic E-state index is -1.01. The number of carbonyl (C=O) groups is 3. The first kappa shape index (κ1) is 22.1. The van der Waals surface area contributed by atoms with Crippen molar-refractivity contribution in [3.8, 4) is 0 Å². The molecule has 1 N–H and O–H groups in total. The van der Waals surface area contributed by atoms with Crippen LogP contribution >= 0.6 is 0 Å². The molecule has 1 heterocycles. The lowest BCUT2D eigenvalue weighted by atomic mass is 9.36. The van der Waals surface area contributed by atoms with Crippen LogP contribution in [0.25, 0.3) is 0 Å². The lowest BCUT2D eigenvalue weighted by Crippen LogP contribution is -2.69. The molecule has 6 atom stereocenters. The average molecular weight is 446 g/mol. The molecule has 1 amide bonds. The molecule has 7 nitrogen and oxygen atoms in total.